The number of para-hydroxylation sites is 1. The van der Waals surface area contributed by atoms with Crippen LogP contribution in [0.5, 0.6) is 11.5 Å². The molecule has 0 aromatic heterocycles. The third-order valence-corrected chi connectivity index (χ3v) is 6.57. The summed E-state index contributed by atoms with van der Waals surface area (Å²) in [5, 5.41) is 0.638. The van der Waals surface area contributed by atoms with Crippen LogP contribution >= 0.6 is 27.5 Å². The van der Waals surface area contributed by atoms with Crippen LogP contribution in [0.4, 0.5) is 0 Å². The number of fused-ring (bicyclic) bond motifs is 1. The Morgan fingerprint density at radius 2 is 1.97 bits per heavy atom. The van der Waals surface area contributed by atoms with E-state index in [1.165, 1.54) is 0 Å². The molecule has 4 rings (SSSR count). The number of rotatable bonds is 5. The molecule has 2 heterocycles. The molecule has 1 amide bonds. The second-order valence-corrected chi connectivity index (χ2v) is 9.08. The highest BCUT2D eigenvalue weighted by Gasteiger charge is 2.43. The smallest absolute Gasteiger partial charge is 0.222 e. The molecule has 2 aliphatic heterocycles. The van der Waals surface area contributed by atoms with E-state index in [1.807, 2.05) is 35.2 Å². The van der Waals surface area contributed by atoms with Crippen LogP contribution in [0.25, 0.3) is 0 Å². The number of hydrogen-bond donors (Lipinski definition) is 0. The minimum atomic E-state index is -0.480. The standard InChI is InChI=1S/C23H23BrClNO4/c24-18-14-16(25)7-8-21(18)29-13-3-6-22(28)26-11-9-23(10-12-26)15-19(27)17-4-1-2-5-20(17)30-23/h1-2,4-5,7-8,14H,3,6,9-13,15H2. The molecule has 158 valence electrons. The van der Waals surface area contributed by atoms with E-state index < -0.39 is 5.60 Å². The van der Waals surface area contributed by atoms with E-state index in [9.17, 15) is 9.59 Å². The summed E-state index contributed by atoms with van der Waals surface area (Å²) in [6.07, 6.45) is 2.80. The Bertz CT molecular complexity index is 956. The molecule has 2 aromatic carbocycles. The normalized spacial score (nSPS) is 17.4. The summed E-state index contributed by atoms with van der Waals surface area (Å²) in [7, 11) is 0. The molecule has 1 saturated heterocycles. The molecule has 0 radical (unpaired) electrons. The van der Waals surface area contributed by atoms with Gasteiger partial charge in [-0.1, -0.05) is 23.7 Å². The van der Waals surface area contributed by atoms with Gasteiger partial charge in [0.25, 0.3) is 0 Å². The number of amides is 1. The van der Waals surface area contributed by atoms with Crippen molar-refractivity contribution in [3.8, 4) is 11.5 Å². The molecule has 30 heavy (non-hydrogen) atoms. The number of carbonyl (C=O) groups is 2. The first-order valence-electron chi connectivity index (χ1n) is 10.1. The molecular formula is C23H23BrClNO4. The molecule has 0 atom stereocenters. The number of halogens is 2. The van der Waals surface area contributed by atoms with Gasteiger partial charge in [0.15, 0.2) is 5.78 Å². The van der Waals surface area contributed by atoms with E-state index in [-0.39, 0.29) is 11.7 Å². The van der Waals surface area contributed by atoms with Gasteiger partial charge in [0.05, 0.1) is 23.1 Å². The third kappa shape index (κ3) is 4.65. The highest BCUT2D eigenvalue weighted by atomic mass is 79.9. The number of hydrogen-bond acceptors (Lipinski definition) is 4. The fraction of sp³-hybridized carbons (Fsp3) is 0.391. The predicted octanol–water partition coefficient (Wildman–Crippen LogP) is 5.29. The Balaban J connectivity index is 1.24. The van der Waals surface area contributed by atoms with E-state index >= 15 is 0 Å². The van der Waals surface area contributed by atoms with Crippen LogP contribution in [0.2, 0.25) is 5.02 Å². The highest BCUT2D eigenvalue weighted by molar-refractivity contribution is 9.10. The maximum Gasteiger partial charge on any atom is 0.222 e. The van der Waals surface area contributed by atoms with Crippen LogP contribution in [0.3, 0.4) is 0 Å². The van der Waals surface area contributed by atoms with Crippen molar-refractivity contribution >= 4 is 39.2 Å². The third-order valence-electron chi connectivity index (χ3n) is 5.71. The van der Waals surface area contributed by atoms with Crippen molar-refractivity contribution in [3.63, 3.8) is 0 Å². The zero-order valence-corrected chi connectivity index (χ0v) is 18.9. The Morgan fingerprint density at radius 3 is 2.73 bits per heavy atom. The van der Waals surface area contributed by atoms with E-state index in [2.05, 4.69) is 15.9 Å². The summed E-state index contributed by atoms with van der Waals surface area (Å²) in [4.78, 5) is 27.0. The minimum Gasteiger partial charge on any atom is -0.492 e. The molecule has 2 aromatic rings. The summed E-state index contributed by atoms with van der Waals surface area (Å²) in [6, 6.07) is 12.8. The van der Waals surface area contributed by atoms with Gasteiger partial charge >= 0.3 is 0 Å². The minimum absolute atomic E-state index is 0.117. The van der Waals surface area contributed by atoms with Crippen LogP contribution in [0.15, 0.2) is 46.9 Å². The summed E-state index contributed by atoms with van der Waals surface area (Å²) in [6.45, 7) is 1.67. The summed E-state index contributed by atoms with van der Waals surface area (Å²) in [5.41, 5.74) is 0.181. The van der Waals surface area contributed by atoms with Crippen molar-refractivity contribution in [1.29, 1.82) is 0 Å². The lowest BCUT2D eigenvalue weighted by Gasteiger charge is -2.44. The van der Waals surface area contributed by atoms with Gasteiger partial charge < -0.3 is 14.4 Å². The maximum atomic E-state index is 12.6. The van der Waals surface area contributed by atoms with Gasteiger partial charge in [-0.2, -0.15) is 0 Å². The molecular weight excluding hydrogens is 470 g/mol. The first kappa shape index (κ1) is 21.2. The second kappa shape index (κ2) is 8.98. The number of piperidine rings is 1. The first-order chi connectivity index (χ1) is 14.5. The molecule has 1 spiro atoms. The van der Waals surface area contributed by atoms with Crippen LogP contribution in [0, 0.1) is 0 Å². The Kier molecular flexibility index (Phi) is 6.34. The summed E-state index contributed by atoms with van der Waals surface area (Å²) >= 11 is 9.35. The lowest BCUT2D eigenvalue weighted by Crippen LogP contribution is -2.52. The van der Waals surface area contributed by atoms with Crippen molar-refractivity contribution in [1.82, 2.24) is 4.90 Å². The molecule has 2 aliphatic rings. The Hall–Kier alpha value is -2.05. The second-order valence-electron chi connectivity index (χ2n) is 7.79. The van der Waals surface area contributed by atoms with E-state index in [0.29, 0.717) is 73.9 Å². The van der Waals surface area contributed by atoms with E-state index in [1.54, 1.807) is 12.1 Å². The largest absolute Gasteiger partial charge is 0.492 e. The summed E-state index contributed by atoms with van der Waals surface area (Å²) in [5.74, 6) is 1.62. The molecule has 0 N–H and O–H groups in total. The van der Waals surface area contributed by atoms with Crippen LogP contribution in [-0.4, -0.2) is 41.9 Å². The van der Waals surface area contributed by atoms with Crippen molar-refractivity contribution in [2.75, 3.05) is 19.7 Å². The van der Waals surface area contributed by atoms with Gasteiger partial charge in [-0.3, -0.25) is 9.59 Å². The number of likely N-dealkylation sites (tertiary alicyclic amines) is 1. The Morgan fingerprint density at radius 1 is 1.20 bits per heavy atom. The van der Waals surface area contributed by atoms with Crippen LogP contribution in [-0.2, 0) is 4.79 Å². The van der Waals surface area contributed by atoms with Crippen LogP contribution < -0.4 is 9.47 Å². The van der Waals surface area contributed by atoms with Crippen molar-refractivity contribution in [2.24, 2.45) is 0 Å². The van der Waals surface area contributed by atoms with Crippen molar-refractivity contribution in [3.05, 3.63) is 57.5 Å². The summed E-state index contributed by atoms with van der Waals surface area (Å²) < 4.78 is 12.8. The average Bonchev–Trinajstić information content (AvgIpc) is 2.73. The van der Waals surface area contributed by atoms with E-state index in [0.717, 1.165) is 4.47 Å². The fourth-order valence-corrected chi connectivity index (χ4v) is 4.84. The van der Waals surface area contributed by atoms with Crippen molar-refractivity contribution < 1.29 is 19.1 Å². The van der Waals surface area contributed by atoms with Crippen LogP contribution in [0.1, 0.15) is 42.5 Å². The van der Waals surface area contributed by atoms with Gasteiger partial charge in [0, 0.05) is 37.4 Å². The average molecular weight is 493 g/mol. The molecule has 1 fully saturated rings. The molecule has 0 unspecified atom stereocenters. The van der Waals surface area contributed by atoms with Gasteiger partial charge in [0.2, 0.25) is 5.91 Å². The molecule has 0 bridgehead atoms. The van der Waals surface area contributed by atoms with E-state index in [4.69, 9.17) is 21.1 Å². The Labute approximate surface area is 189 Å². The zero-order valence-electron chi connectivity index (χ0n) is 16.5. The van der Waals surface area contributed by atoms with Gasteiger partial charge in [-0.15, -0.1) is 0 Å². The number of Topliss-reactive ketones (excluding diaryl/α,β-unsaturated/α-hetero) is 1. The van der Waals surface area contributed by atoms with Gasteiger partial charge in [-0.25, -0.2) is 0 Å². The monoisotopic (exact) mass is 491 g/mol. The number of nitrogens with zero attached hydrogens (tertiary/aromatic N) is 1. The number of ketones is 1. The maximum absolute atomic E-state index is 12.6. The molecule has 0 aliphatic carbocycles. The number of carbonyl (C=O) groups excluding carboxylic acids is 2. The lowest BCUT2D eigenvalue weighted by atomic mass is 9.82. The number of ether oxygens (including phenoxy) is 2. The topological polar surface area (TPSA) is 55.8 Å². The fourth-order valence-electron chi connectivity index (χ4n) is 4.04. The van der Waals surface area contributed by atoms with Gasteiger partial charge in [-0.05, 0) is 52.7 Å². The SMILES string of the molecule is O=C1CC2(CCN(C(=O)CCCOc3ccc(Cl)cc3Br)CC2)Oc2ccccc21. The molecule has 5 nitrogen and oxygen atoms in total. The first-order valence-corrected chi connectivity index (χ1v) is 11.3. The predicted molar refractivity (Wildman–Crippen MR) is 118 cm³/mol. The van der Waals surface area contributed by atoms with Gasteiger partial charge in [0.1, 0.15) is 17.1 Å². The number of benzene rings is 2. The molecule has 0 saturated carbocycles. The van der Waals surface area contributed by atoms with Crippen molar-refractivity contribution in [2.45, 2.75) is 37.7 Å². The highest BCUT2D eigenvalue weighted by Crippen LogP contribution is 2.39. The quantitative estimate of drug-likeness (QED) is 0.532. The lowest BCUT2D eigenvalue weighted by molar-refractivity contribution is -0.135. The molecule has 7 heteroatoms. The zero-order chi connectivity index (χ0) is 21.1.